The average Bonchev–Trinajstić information content (AvgIpc) is 3.09. The third-order valence-corrected chi connectivity index (χ3v) is 6.22. The van der Waals surface area contributed by atoms with Gasteiger partial charge in [0.15, 0.2) is 11.5 Å². The number of benzene rings is 2. The molecule has 2 atom stereocenters. The number of carbonyl (C=O) groups excluding carboxylic acids is 1. The Balaban J connectivity index is 1.68. The summed E-state index contributed by atoms with van der Waals surface area (Å²) in [5.74, 6) is 1.58. The molecule has 5 heteroatoms. The number of hydrogen-bond donors (Lipinski definition) is 0. The van der Waals surface area contributed by atoms with E-state index in [1.165, 1.54) is 0 Å². The van der Waals surface area contributed by atoms with Crippen LogP contribution in [0.15, 0.2) is 59.7 Å². The highest BCUT2D eigenvalue weighted by atomic mass is 16.5. The predicted molar refractivity (Wildman–Crippen MR) is 117 cm³/mol. The third kappa shape index (κ3) is 3.00. The van der Waals surface area contributed by atoms with Crippen molar-refractivity contribution in [2.45, 2.75) is 38.7 Å². The number of para-hydroxylation sites is 1. The fourth-order valence-corrected chi connectivity index (χ4v) is 4.82. The molecule has 154 valence electrons. The fraction of sp³-hybridized carbons (Fsp3) is 0.360. The molecule has 0 radical (unpaired) electrons. The summed E-state index contributed by atoms with van der Waals surface area (Å²) in [7, 11) is 1.67. The van der Waals surface area contributed by atoms with Crippen molar-refractivity contribution in [1.29, 1.82) is 0 Å². The summed E-state index contributed by atoms with van der Waals surface area (Å²) in [4.78, 5) is 13.3. The van der Waals surface area contributed by atoms with Crippen molar-refractivity contribution < 1.29 is 14.3 Å². The SMILES string of the molecule is COc1ccc(C2=NN(c3ccccc3)C(=O)[C@@H]3CC=CC[C@H]23)c2c1OC(C)(C)C2. The summed E-state index contributed by atoms with van der Waals surface area (Å²) in [5, 5.41) is 6.53. The largest absolute Gasteiger partial charge is 0.493 e. The van der Waals surface area contributed by atoms with Crippen LogP contribution in [-0.2, 0) is 11.2 Å². The summed E-state index contributed by atoms with van der Waals surface area (Å²) in [6, 6.07) is 13.7. The van der Waals surface area contributed by atoms with Crippen LogP contribution in [0.2, 0.25) is 0 Å². The highest BCUT2D eigenvalue weighted by Crippen LogP contribution is 2.46. The Hall–Kier alpha value is -3.08. The number of methoxy groups -OCH3 is 1. The van der Waals surface area contributed by atoms with Crippen LogP contribution in [0.5, 0.6) is 11.5 Å². The van der Waals surface area contributed by atoms with Crippen LogP contribution < -0.4 is 14.5 Å². The maximum absolute atomic E-state index is 13.3. The topological polar surface area (TPSA) is 51.1 Å². The Bertz CT molecular complexity index is 1060. The second-order valence-electron chi connectivity index (χ2n) is 8.79. The summed E-state index contributed by atoms with van der Waals surface area (Å²) in [6.07, 6.45) is 6.64. The number of ether oxygens (including phenoxy) is 2. The highest BCUT2D eigenvalue weighted by molar-refractivity contribution is 6.12. The molecule has 5 nitrogen and oxygen atoms in total. The number of anilines is 1. The molecule has 0 N–H and O–H groups in total. The van der Waals surface area contributed by atoms with Gasteiger partial charge in [-0.15, -0.1) is 0 Å². The van der Waals surface area contributed by atoms with Gasteiger partial charge in [-0.3, -0.25) is 4.79 Å². The van der Waals surface area contributed by atoms with Gasteiger partial charge in [0.05, 0.1) is 24.4 Å². The smallest absolute Gasteiger partial charge is 0.251 e. The molecule has 0 saturated heterocycles. The van der Waals surface area contributed by atoms with Gasteiger partial charge in [-0.2, -0.15) is 5.10 Å². The van der Waals surface area contributed by atoms with Gasteiger partial charge in [-0.05, 0) is 51.0 Å². The molecule has 2 aliphatic heterocycles. The van der Waals surface area contributed by atoms with Crippen molar-refractivity contribution in [3.8, 4) is 11.5 Å². The van der Waals surface area contributed by atoms with Gasteiger partial charge in [0.1, 0.15) is 5.60 Å². The van der Waals surface area contributed by atoms with Gasteiger partial charge in [-0.1, -0.05) is 30.4 Å². The standard InChI is InChI=1S/C25H26N2O3/c1-25(2)15-20-18(13-14-21(29-3)23(20)30-25)22-17-11-7-8-12-19(17)24(28)27(26-22)16-9-5-4-6-10-16/h4-10,13-14,17,19H,11-12,15H2,1-3H3/t17-,19+/m0/s1. The van der Waals surface area contributed by atoms with Crippen LogP contribution in [0.3, 0.4) is 0 Å². The number of rotatable bonds is 3. The van der Waals surface area contributed by atoms with E-state index in [1.807, 2.05) is 36.4 Å². The van der Waals surface area contributed by atoms with Crippen molar-refractivity contribution in [2.75, 3.05) is 12.1 Å². The van der Waals surface area contributed by atoms with Crippen LogP contribution in [0.4, 0.5) is 5.69 Å². The molecule has 0 spiro atoms. The summed E-state index contributed by atoms with van der Waals surface area (Å²) in [6.45, 7) is 4.18. The fourth-order valence-electron chi connectivity index (χ4n) is 4.82. The number of fused-ring (bicyclic) bond motifs is 2. The monoisotopic (exact) mass is 402 g/mol. The molecule has 5 rings (SSSR count). The molecule has 0 fully saturated rings. The lowest BCUT2D eigenvalue weighted by atomic mass is 9.75. The van der Waals surface area contributed by atoms with Crippen molar-refractivity contribution in [3.05, 3.63) is 65.7 Å². The number of allylic oxidation sites excluding steroid dienone is 2. The van der Waals surface area contributed by atoms with Gasteiger partial charge < -0.3 is 9.47 Å². The lowest BCUT2D eigenvalue weighted by Gasteiger charge is -2.37. The first-order valence-electron chi connectivity index (χ1n) is 10.5. The Labute approximate surface area is 177 Å². The van der Waals surface area contributed by atoms with Gasteiger partial charge >= 0.3 is 0 Å². The molecule has 2 heterocycles. The predicted octanol–water partition coefficient (Wildman–Crippen LogP) is 4.74. The second kappa shape index (κ2) is 7.01. The summed E-state index contributed by atoms with van der Waals surface area (Å²) < 4.78 is 11.8. The summed E-state index contributed by atoms with van der Waals surface area (Å²) in [5.41, 5.74) is 3.65. The molecule has 1 amide bonds. The second-order valence-corrected chi connectivity index (χ2v) is 8.79. The average molecular weight is 402 g/mol. The van der Waals surface area contributed by atoms with E-state index >= 15 is 0 Å². The van der Waals surface area contributed by atoms with Crippen molar-refractivity contribution >= 4 is 17.3 Å². The number of carbonyl (C=O) groups is 1. The minimum Gasteiger partial charge on any atom is -0.493 e. The zero-order valence-electron chi connectivity index (χ0n) is 17.6. The van der Waals surface area contributed by atoms with E-state index in [1.54, 1.807) is 12.1 Å². The first-order chi connectivity index (χ1) is 14.5. The van der Waals surface area contributed by atoms with E-state index in [4.69, 9.17) is 14.6 Å². The molecular weight excluding hydrogens is 376 g/mol. The Morgan fingerprint density at radius 3 is 2.53 bits per heavy atom. The van der Waals surface area contributed by atoms with E-state index in [0.29, 0.717) is 0 Å². The maximum atomic E-state index is 13.3. The van der Waals surface area contributed by atoms with Crippen LogP contribution >= 0.6 is 0 Å². The van der Waals surface area contributed by atoms with Crippen molar-refractivity contribution in [1.82, 2.24) is 0 Å². The van der Waals surface area contributed by atoms with Crippen LogP contribution in [0, 0.1) is 11.8 Å². The zero-order valence-corrected chi connectivity index (χ0v) is 17.6. The van der Waals surface area contributed by atoms with E-state index in [9.17, 15) is 4.79 Å². The lowest BCUT2D eigenvalue weighted by molar-refractivity contribution is -0.123. The van der Waals surface area contributed by atoms with Crippen LogP contribution in [-0.4, -0.2) is 24.3 Å². The zero-order chi connectivity index (χ0) is 20.9. The minimum atomic E-state index is -0.304. The molecular formula is C25H26N2O3. The molecule has 0 saturated carbocycles. The molecule has 0 aromatic heterocycles. The van der Waals surface area contributed by atoms with Crippen molar-refractivity contribution in [3.63, 3.8) is 0 Å². The Kier molecular flexibility index (Phi) is 4.42. The number of hydrogen-bond acceptors (Lipinski definition) is 4. The minimum absolute atomic E-state index is 0.0704. The number of nitrogens with zero attached hydrogens (tertiary/aromatic N) is 2. The molecule has 1 aliphatic carbocycles. The molecule has 30 heavy (non-hydrogen) atoms. The van der Waals surface area contributed by atoms with Crippen LogP contribution in [0.25, 0.3) is 0 Å². The first-order valence-corrected chi connectivity index (χ1v) is 10.5. The van der Waals surface area contributed by atoms with E-state index in [0.717, 1.165) is 53.3 Å². The Morgan fingerprint density at radius 1 is 1.07 bits per heavy atom. The maximum Gasteiger partial charge on any atom is 0.251 e. The number of amides is 1. The molecule has 0 unspecified atom stereocenters. The van der Waals surface area contributed by atoms with Gasteiger partial charge in [0.25, 0.3) is 5.91 Å². The molecule has 2 aromatic carbocycles. The summed E-state index contributed by atoms with van der Waals surface area (Å²) >= 11 is 0. The lowest BCUT2D eigenvalue weighted by Crippen LogP contribution is -2.45. The molecule has 2 aromatic rings. The highest BCUT2D eigenvalue weighted by Gasteiger charge is 2.43. The first kappa shape index (κ1) is 18.9. The normalized spacial score (nSPS) is 24.0. The third-order valence-electron chi connectivity index (χ3n) is 6.22. The van der Waals surface area contributed by atoms with Crippen LogP contribution in [0.1, 0.15) is 37.8 Å². The Morgan fingerprint density at radius 2 is 1.80 bits per heavy atom. The van der Waals surface area contributed by atoms with E-state index in [2.05, 4.69) is 32.1 Å². The van der Waals surface area contributed by atoms with Gasteiger partial charge in [0.2, 0.25) is 0 Å². The molecule has 3 aliphatic rings. The van der Waals surface area contributed by atoms with Crippen molar-refractivity contribution in [2.24, 2.45) is 16.9 Å². The van der Waals surface area contributed by atoms with Gasteiger partial charge in [-0.25, -0.2) is 5.01 Å². The quantitative estimate of drug-likeness (QED) is 0.697. The molecule has 0 bridgehead atoms. The number of hydrazone groups is 1. The van der Waals surface area contributed by atoms with Gasteiger partial charge in [0, 0.05) is 23.5 Å². The van der Waals surface area contributed by atoms with E-state index in [-0.39, 0.29) is 23.3 Å². The van der Waals surface area contributed by atoms with E-state index < -0.39 is 0 Å².